The summed E-state index contributed by atoms with van der Waals surface area (Å²) in [6.07, 6.45) is 3.22. The van der Waals surface area contributed by atoms with Crippen LogP contribution in [0.3, 0.4) is 0 Å². The van der Waals surface area contributed by atoms with Crippen molar-refractivity contribution in [3.8, 4) is 0 Å². The quantitative estimate of drug-likeness (QED) is 0.825. The van der Waals surface area contributed by atoms with Crippen molar-refractivity contribution in [2.45, 2.75) is 45.8 Å². The van der Waals surface area contributed by atoms with Gasteiger partial charge in [-0.1, -0.05) is 20.3 Å². The Morgan fingerprint density at radius 3 is 2.59 bits per heavy atom. The summed E-state index contributed by atoms with van der Waals surface area (Å²) in [7, 11) is 0. The van der Waals surface area contributed by atoms with Crippen molar-refractivity contribution < 1.29 is 19.4 Å². The van der Waals surface area contributed by atoms with Crippen LogP contribution in [-0.4, -0.2) is 30.6 Å². The van der Waals surface area contributed by atoms with Crippen LogP contribution in [0.5, 0.6) is 0 Å². The van der Waals surface area contributed by atoms with Gasteiger partial charge in [0.2, 0.25) is 0 Å². The highest BCUT2D eigenvalue weighted by molar-refractivity contribution is 5.67. The lowest BCUT2D eigenvalue weighted by Crippen LogP contribution is -2.48. The number of carbonyl (C=O) groups is 1. The second kappa shape index (κ2) is 4.94. The highest BCUT2D eigenvalue weighted by Crippen LogP contribution is 2.50. The first-order chi connectivity index (χ1) is 8.05. The van der Waals surface area contributed by atoms with Crippen molar-refractivity contribution in [3.05, 3.63) is 0 Å². The summed E-state index contributed by atoms with van der Waals surface area (Å²) in [4.78, 5) is 11.0. The summed E-state index contributed by atoms with van der Waals surface area (Å²) in [6.45, 7) is 5.60. The minimum Gasteiger partial charge on any atom is -0.481 e. The van der Waals surface area contributed by atoms with Crippen molar-refractivity contribution in [3.63, 3.8) is 0 Å². The molecule has 0 amide bonds. The van der Waals surface area contributed by atoms with Crippen LogP contribution in [0.15, 0.2) is 0 Å². The van der Waals surface area contributed by atoms with Crippen LogP contribution in [0.4, 0.5) is 0 Å². The van der Waals surface area contributed by atoms with Crippen LogP contribution in [0.2, 0.25) is 0 Å². The number of hydrogen-bond acceptors (Lipinski definition) is 3. The van der Waals surface area contributed by atoms with Crippen molar-refractivity contribution in [1.29, 1.82) is 0 Å². The van der Waals surface area contributed by atoms with Gasteiger partial charge in [-0.3, -0.25) is 4.79 Å². The summed E-state index contributed by atoms with van der Waals surface area (Å²) in [6, 6.07) is 0. The topological polar surface area (TPSA) is 55.8 Å². The molecule has 2 fully saturated rings. The van der Waals surface area contributed by atoms with Crippen LogP contribution in [0.1, 0.15) is 39.5 Å². The van der Waals surface area contributed by atoms with Gasteiger partial charge >= 0.3 is 5.97 Å². The van der Waals surface area contributed by atoms with E-state index in [1.807, 2.05) is 0 Å². The van der Waals surface area contributed by atoms with Crippen LogP contribution in [0.25, 0.3) is 0 Å². The molecule has 0 bridgehead atoms. The van der Waals surface area contributed by atoms with E-state index >= 15 is 0 Å². The Morgan fingerprint density at radius 2 is 2.00 bits per heavy atom. The van der Waals surface area contributed by atoms with E-state index in [0.717, 1.165) is 19.3 Å². The van der Waals surface area contributed by atoms with Gasteiger partial charge in [-0.05, 0) is 24.7 Å². The SMILES string of the molecule is C[C@H]1CCC[C@H](CC(=O)O)[C@]1(C)C1OCCO1. The molecule has 0 spiro atoms. The maximum atomic E-state index is 11.0. The van der Waals surface area contributed by atoms with E-state index in [1.165, 1.54) is 0 Å². The third kappa shape index (κ3) is 2.33. The molecule has 4 heteroatoms. The Hall–Kier alpha value is -0.610. The van der Waals surface area contributed by atoms with Crippen molar-refractivity contribution in [1.82, 2.24) is 0 Å². The summed E-state index contributed by atoms with van der Waals surface area (Å²) in [5.74, 6) is -0.108. The van der Waals surface area contributed by atoms with Crippen molar-refractivity contribution in [2.75, 3.05) is 13.2 Å². The summed E-state index contributed by atoms with van der Waals surface area (Å²) in [5.41, 5.74) is -0.160. The third-order valence-corrected chi connectivity index (χ3v) is 4.68. The second-order valence-corrected chi connectivity index (χ2v) is 5.57. The fraction of sp³-hybridized carbons (Fsp3) is 0.923. The molecule has 0 unspecified atom stereocenters. The predicted molar refractivity (Wildman–Crippen MR) is 62.6 cm³/mol. The summed E-state index contributed by atoms with van der Waals surface area (Å²) >= 11 is 0. The number of hydrogen-bond donors (Lipinski definition) is 1. The molecule has 0 aromatic rings. The number of carboxylic acid groups (broad SMARTS) is 1. The zero-order valence-corrected chi connectivity index (χ0v) is 10.6. The molecule has 17 heavy (non-hydrogen) atoms. The Kier molecular flexibility index (Phi) is 3.73. The standard InChI is InChI=1S/C13H22O4/c1-9-4-3-5-10(8-11(14)15)13(9,2)12-16-6-7-17-12/h9-10,12H,3-8H2,1-2H3,(H,14,15)/t9-,10+,13+/m0/s1. The highest BCUT2D eigenvalue weighted by atomic mass is 16.7. The Morgan fingerprint density at radius 1 is 1.35 bits per heavy atom. The maximum Gasteiger partial charge on any atom is 0.303 e. The van der Waals surface area contributed by atoms with Gasteiger partial charge in [0.05, 0.1) is 13.2 Å². The van der Waals surface area contributed by atoms with Gasteiger partial charge in [-0.2, -0.15) is 0 Å². The third-order valence-electron chi connectivity index (χ3n) is 4.68. The van der Waals surface area contributed by atoms with Gasteiger partial charge in [0, 0.05) is 11.8 Å². The molecule has 1 aliphatic carbocycles. The zero-order valence-electron chi connectivity index (χ0n) is 10.6. The van der Waals surface area contributed by atoms with Crippen LogP contribution in [0, 0.1) is 17.3 Å². The number of carboxylic acids is 1. The van der Waals surface area contributed by atoms with Crippen LogP contribution >= 0.6 is 0 Å². The van der Waals surface area contributed by atoms with E-state index in [9.17, 15) is 4.79 Å². The smallest absolute Gasteiger partial charge is 0.303 e. The van der Waals surface area contributed by atoms with Gasteiger partial charge in [-0.15, -0.1) is 0 Å². The lowest BCUT2D eigenvalue weighted by Gasteiger charge is -2.48. The molecule has 0 radical (unpaired) electrons. The molecular formula is C13H22O4. The largest absolute Gasteiger partial charge is 0.481 e. The molecule has 0 aromatic carbocycles. The Balaban J connectivity index is 2.18. The minimum absolute atomic E-state index is 0.159. The minimum atomic E-state index is -0.715. The fourth-order valence-electron chi connectivity index (χ4n) is 3.37. The van der Waals surface area contributed by atoms with E-state index in [2.05, 4.69) is 13.8 Å². The molecular weight excluding hydrogens is 220 g/mol. The molecule has 2 aliphatic rings. The first-order valence-electron chi connectivity index (χ1n) is 6.50. The average Bonchev–Trinajstić information content (AvgIpc) is 2.78. The first kappa shape index (κ1) is 12.8. The predicted octanol–water partition coefficient (Wildman–Crippen LogP) is 2.28. The van der Waals surface area contributed by atoms with Gasteiger partial charge in [0.25, 0.3) is 0 Å². The second-order valence-electron chi connectivity index (χ2n) is 5.57. The maximum absolute atomic E-state index is 11.0. The lowest BCUT2D eigenvalue weighted by molar-refractivity contribution is -0.185. The number of aliphatic carboxylic acids is 1. The fourth-order valence-corrected chi connectivity index (χ4v) is 3.37. The first-order valence-corrected chi connectivity index (χ1v) is 6.50. The Bertz CT molecular complexity index is 285. The molecule has 1 heterocycles. The van der Waals surface area contributed by atoms with E-state index in [-0.39, 0.29) is 24.0 Å². The number of ether oxygens (including phenoxy) is 2. The monoisotopic (exact) mass is 242 g/mol. The van der Waals surface area contributed by atoms with Crippen molar-refractivity contribution >= 4 is 5.97 Å². The molecule has 1 saturated carbocycles. The Labute approximate surface area is 102 Å². The van der Waals surface area contributed by atoms with E-state index in [1.54, 1.807) is 0 Å². The van der Waals surface area contributed by atoms with E-state index in [4.69, 9.17) is 14.6 Å². The molecule has 98 valence electrons. The van der Waals surface area contributed by atoms with E-state index < -0.39 is 5.97 Å². The van der Waals surface area contributed by atoms with Gasteiger partial charge in [0.15, 0.2) is 6.29 Å². The summed E-state index contributed by atoms with van der Waals surface area (Å²) in [5, 5.41) is 9.05. The summed E-state index contributed by atoms with van der Waals surface area (Å²) < 4.78 is 11.3. The van der Waals surface area contributed by atoms with Gasteiger partial charge in [-0.25, -0.2) is 0 Å². The molecule has 3 atom stereocenters. The van der Waals surface area contributed by atoms with Crippen LogP contribution in [-0.2, 0) is 14.3 Å². The molecule has 4 nitrogen and oxygen atoms in total. The number of rotatable bonds is 3. The van der Waals surface area contributed by atoms with E-state index in [0.29, 0.717) is 19.1 Å². The van der Waals surface area contributed by atoms with Gasteiger partial charge in [0.1, 0.15) is 0 Å². The normalized spacial score (nSPS) is 39.4. The molecule has 1 saturated heterocycles. The lowest BCUT2D eigenvalue weighted by atomic mass is 9.60. The molecule has 0 aromatic heterocycles. The molecule has 2 rings (SSSR count). The molecule has 1 N–H and O–H groups in total. The van der Waals surface area contributed by atoms with Crippen LogP contribution < -0.4 is 0 Å². The highest BCUT2D eigenvalue weighted by Gasteiger charge is 2.50. The molecule has 1 aliphatic heterocycles. The van der Waals surface area contributed by atoms with Crippen molar-refractivity contribution in [2.24, 2.45) is 17.3 Å². The van der Waals surface area contributed by atoms with Gasteiger partial charge < -0.3 is 14.6 Å². The average molecular weight is 242 g/mol. The zero-order chi connectivity index (χ0) is 12.5.